The maximum absolute atomic E-state index is 12.9. The van der Waals surface area contributed by atoms with Crippen molar-refractivity contribution in [1.82, 2.24) is 10.2 Å². The molecule has 0 radical (unpaired) electrons. The van der Waals surface area contributed by atoms with Gasteiger partial charge in [0.1, 0.15) is 0 Å². The Bertz CT molecular complexity index is 578. The van der Waals surface area contributed by atoms with Crippen LogP contribution in [0.3, 0.4) is 0 Å². The molecule has 0 aromatic heterocycles. The average Bonchev–Trinajstić information content (AvgIpc) is 2.63. The van der Waals surface area contributed by atoms with Gasteiger partial charge in [0, 0.05) is 18.7 Å². The molecule has 2 rings (SSSR count). The van der Waals surface area contributed by atoms with Gasteiger partial charge in [-0.15, -0.1) is 12.4 Å². The Morgan fingerprint density at radius 3 is 2.58 bits per heavy atom. The van der Waals surface area contributed by atoms with Crippen LogP contribution in [-0.2, 0) is 0 Å². The number of piperidine rings is 1. The van der Waals surface area contributed by atoms with Crippen molar-refractivity contribution in [2.24, 2.45) is 0 Å². The van der Waals surface area contributed by atoms with E-state index in [4.69, 9.17) is 21.1 Å². The SMILES string of the molecule is CCCCOc1c(Cl)cc(C(=O)N(C)C2CCNCC2)cc1OCC.Cl. The summed E-state index contributed by atoms with van der Waals surface area (Å²) in [5, 5.41) is 3.74. The molecule has 0 saturated carbocycles. The van der Waals surface area contributed by atoms with Crippen LogP contribution in [-0.4, -0.2) is 50.2 Å². The van der Waals surface area contributed by atoms with E-state index >= 15 is 0 Å². The van der Waals surface area contributed by atoms with Crippen LogP contribution in [0.5, 0.6) is 11.5 Å². The molecule has 1 heterocycles. The summed E-state index contributed by atoms with van der Waals surface area (Å²) in [6.07, 6.45) is 3.92. The summed E-state index contributed by atoms with van der Waals surface area (Å²) in [6.45, 7) is 6.96. The highest BCUT2D eigenvalue weighted by molar-refractivity contribution is 6.32. The molecule has 7 heteroatoms. The Morgan fingerprint density at radius 1 is 1.27 bits per heavy atom. The minimum atomic E-state index is -0.0325. The van der Waals surface area contributed by atoms with E-state index in [1.807, 2.05) is 18.9 Å². The summed E-state index contributed by atoms with van der Waals surface area (Å²) in [5.41, 5.74) is 0.539. The third kappa shape index (κ3) is 5.93. The standard InChI is InChI=1S/C19H29ClN2O3.ClH/c1-4-6-11-25-18-16(20)12-14(13-17(18)24-5-2)19(23)22(3)15-7-9-21-10-8-15;/h12-13,15,21H,4-11H2,1-3H3;1H. The Morgan fingerprint density at radius 2 is 1.96 bits per heavy atom. The van der Waals surface area contributed by atoms with E-state index in [0.29, 0.717) is 35.3 Å². The first-order valence-electron chi connectivity index (χ1n) is 9.15. The molecule has 1 fully saturated rings. The van der Waals surface area contributed by atoms with Crippen LogP contribution in [0.4, 0.5) is 0 Å². The lowest BCUT2D eigenvalue weighted by Crippen LogP contribution is -2.43. The summed E-state index contributed by atoms with van der Waals surface area (Å²) >= 11 is 6.40. The fourth-order valence-corrected chi connectivity index (χ4v) is 3.24. The maximum Gasteiger partial charge on any atom is 0.254 e. The fraction of sp³-hybridized carbons (Fsp3) is 0.632. The molecule has 1 amide bonds. The van der Waals surface area contributed by atoms with E-state index in [1.54, 1.807) is 12.1 Å². The lowest BCUT2D eigenvalue weighted by molar-refractivity contribution is 0.0702. The third-order valence-electron chi connectivity index (χ3n) is 4.48. The molecule has 1 aliphatic rings. The van der Waals surface area contributed by atoms with Crippen LogP contribution in [0.1, 0.15) is 49.9 Å². The molecule has 1 aliphatic heterocycles. The molecular weight excluding hydrogens is 375 g/mol. The van der Waals surface area contributed by atoms with E-state index in [1.165, 1.54) is 0 Å². The second-order valence-electron chi connectivity index (χ2n) is 6.32. The normalized spacial score (nSPS) is 14.5. The number of halogens is 2. The first-order valence-corrected chi connectivity index (χ1v) is 9.53. The van der Waals surface area contributed by atoms with Crippen LogP contribution >= 0.6 is 24.0 Å². The number of unbranched alkanes of at least 4 members (excludes halogenated alkanes) is 1. The minimum absolute atomic E-state index is 0. The zero-order valence-corrected chi connectivity index (χ0v) is 17.4. The number of hydrogen-bond acceptors (Lipinski definition) is 4. The molecule has 148 valence electrons. The van der Waals surface area contributed by atoms with Crippen LogP contribution in [0.15, 0.2) is 12.1 Å². The summed E-state index contributed by atoms with van der Waals surface area (Å²) in [4.78, 5) is 14.7. The Hall–Kier alpha value is -1.17. The summed E-state index contributed by atoms with van der Waals surface area (Å²) < 4.78 is 11.5. The number of nitrogens with one attached hydrogen (secondary N) is 1. The van der Waals surface area contributed by atoms with E-state index in [-0.39, 0.29) is 24.4 Å². The quantitative estimate of drug-likeness (QED) is 0.660. The Kier molecular flexibility index (Phi) is 10.1. The highest BCUT2D eigenvalue weighted by atomic mass is 35.5. The van der Waals surface area contributed by atoms with Gasteiger partial charge in [-0.05, 0) is 51.4 Å². The number of benzene rings is 1. The van der Waals surface area contributed by atoms with Crippen molar-refractivity contribution < 1.29 is 14.3 Å². The number of amides is 1. The van der Waals surface area contributed by atoms with Crippen molar-refractivity contribution in [2.45, 2.75) is 45.6 Å². The monoisotopic (exact) mass is 404 g/mol. The van der Waals surface area contributed by atoms with Crippen molar-refractivity contribution >= 4 is 29.9 Å². The van der Waals surface area contributed by atoms with Crippen molar-refractivity contribution in [2.75, 3.05) is 33.4 Å². The molecular formula is C19H30Cl2N2O3. The minimum Gasteiger partial charge on any atom is -0.490 e. The molecule has 0 aliphatic carbocycles. The van der Waals surface area contributed by atoms with E-state index in [9.17, 15) is 4.79 Å². The summed E-state index contributed by atoms with van der Waals surface area (Å²) in [7, 11) is 1.86. The second kappa shape index (κ2) is 11.5. The highest BCUT2D eigenvalue weighted by Gasteiger charge is 2.24. The zero-order valence-electron chi connectivity index (χ0n) is 15.8. The number of ether oxygens (including phenoxy) is 2. The van der Waals surface area contributed by atoms with Crippen molar-refractivity contribution in [3.8, 4) is 11.5 Å². The molecule has 1 aromatic rings. The smallest absolute Gasteiger partial charge is 0.254 e. The zero-order chi connectivity index (χ0) is 18.2. The predicted molar refractivity (Wildman–Crippen MR) is 108 cm³/mol. The van der Waals surface area contributed by atoms with Crippen molar-refractivity contribution in [3.63, 3.8) is 0 Å². The van der Waals surface area contributed by atoms with Gasteiger partial charge in [0.15, 0.2) is 11.5 Å². The van der Waals surface area contributed by atoms with Crippen LogP contribution in [0, 0.1) is 0 Å². The van der Waals surface area contributed by atoms with Gasteiger partial charge in [0.05, 0.1) is 18.2 Å². The molecule has 26 heavy (non-hydrogen) atoms. The highest BCUT2D eigenvalue weighted by Crippen LogP contribution is 2.37. The first-order chi connectivity index (χ1) is 12.1. The van der Waals surface area contributed by atoms with Gasteiger partial charge in [-0.1, -0.05) is 24.9 Å². The average molecular weight is 405 g/mol. The second-order valence-corrected chi connectivity index (χ2v) is 6.72. The van der Waals surface area contributed by atoms with Crippen LogP contribution in [0.25, 0.3) is 0 Å². The van der Waals surface area contributed by atoms with Gasteiger partial charge >= 0.3 is 0 Å². The molecule has 0 atom stereocenters. The summed E-state index contributed by atoms with van der Waals surface area (Å²) in [5.74, 6) is 1.03. The molecule has 5 nitrogen and oxygen atoms in total. The number of carbonyl (C=O) groups is 1. The van der Waals surface area contributed by atoms with Gasteiger partial charge < -0.3 is 19.7 Å². The van der Waals surface area contributed by atoms with Crippen molar-refractivity contribution in [1.29, 1.82) is 0 Å². The van der Waals surface area contributed by atoms with E-state index in [0.717, 1.165) is 38.8 Å². The van der Waals surface area contributed by atoms with Gasteiger partial charge in [-0.2, -0.15) is 0 Å². The fourth-order valence-electron chi connectivity index (χ4n) is 2.98. The number of hydrogen-bond donors (Lipinski definition) is 1. The van der Waals surface area contributed by atoms with E-state index in [2.05, 4.69) is 12.2 Å². The number of nitrogens with zero attached hydrogens (tertiary/aromatic N) is 1. The van der Waals surface area contributed by atoms with Gasteiger partial charge in [-0.25, -0.2) is 0 Å². The van der Waals surface area contributed by atoms with Gasteiger partial charge in [-0.3, -0.25) is 4.79 Å². The van der Waals surface area contributed by atoms with Gasteiger partial charge in [0.25, 0.3) is 5.91 Å². The Labute approximate surface area is 167 Å². The van der Waals surface area contributed by atoms with Gasteiger partial charge in [0.2, 0.25) is 0 Å². The van der Waals surface area contributed by atoms with Crippen LogP contribution in [0.2, 0.25) is 5.02 Å². The van der Waals surface area contributed by atoms with Crippen LogP contribution < -0.4 is 14.8 Å². The molecule has 0 spiro atoms. The van der Waals surface area contributed by atoms with E-state index < -0.39 is 0 Å². The third-order valence-corrected chi connectivity index (χ3v) is 4.76. The summed E-state index contributed by atoms with van der Waals surface area (Å²) in [6, 6.07) is 3.69. The molecule has 1 saturated heterocycles. The predicted octanol–water partition coefficient (Wildman–Crippen LogP) is 4.16. The maximum atomic E-state index is 12.9. The molecule has 0 bridgehead atoms. The van der Waals surface area contributed by atoms with Crippen molar-refractivity contribution in [3.05, 3.63) is 22.7 Å². The Balaban J connectivity index is 0.00000338. The molecule has 1 aromatic carbocycles. The molecule has 0 unspecified atom stereocenters. The number of rotatable bonds is 8. The topological polar surface area (TPSA) is 50.8 Å². The largest absolute Gasteiger partial charge is 0.490 e. The lowest BCUT2D eigenvalue weighted by Gasteiger charge is -2.32. The molecule has 1 N–H and O–H groups in total. The first kappa shape index (κ1) is 22.9. The lowest BCUT2D eigenvalue weighted by atomic mass is 10.0. The number of carbonyl (C=O) groups excluding carboxylic acids is 1.